The molecular formula is C12H15NO2. The Morgan fingerprint density at radius 2 is 2.07 bits per heavy atom. The highest BCUT2D eigenvalue weighted by Crippen LogP contribution is 2.21. The van der Waals surface area contributed by atoms with E-state index in [1.165, 1.54) is 0 Å². The van der Waals surface area contributed by atoms with Gasteiger partial charge in [0.1, 0.15) is 6.10 Å². The van der Waals surface area contributed by atoms with Gasteiger partial charge in [-0.3, -0.25) is 4.79 Å². The second kappa shape index (κ2) is 4.03. The van der Waals surface area contributed by atoms with Crippen molar-refractivity contribution < 1.29 is 9.90 Å². The molecule has 3 nitrogen and oxygen atoms in total. The number of hydrogen-bond acceptors (Lipinski definition) is 2. The van der Waals surface area contributed by atoms with Crippen LogP contribution in [0.1, 0.15) is 18.9 Å². The van der Waals surface area contributed by atoms with Crippen molar-refractivity contribution in [3.8, 4) is 0 Å². The highest BCUT2D eigenvalue weighted by atomic mass is 16.3. The largest absolute Gasteiger partial charge is 0.383 e. The molecule has 1 aromatic carbocycles. The lowest BCUT2D eigenvalue weighted by atomic mass is 10.2. The number of carbonyl (C=O) groups excluding carboxylic acids is 1. The number of aliphatic hydroxyl groups is 1. The number of hydrogen-bond donors (Lipinski definition) is 1. The fraction of sp³-hybridized carbons (Fsp3) is 0.417. The summed E-state index contributed by atoms with van der Waals surface area (Å²) in [5, 5.41) is 9.43. The maximum atomic E-state index is 11.6. The molecule has 0 aliphatic carbocycles. The molecule has 3 heteroatoms. The monoisotopic (exact) mass is 205 g/mol. The molecule has 0 saturated carbocycles. The van der Waals surface area contributed by atoms with Gasteiger partial charge < -0.3 is 10.0 Å². The van der Waals surface area contributed by atoms with Gasteiger partial charge in [0.2, 0.25) is 0 Å². The topological polar surface area (TPSA) is 40.5 Å². The van der Waals surface area contributed by atoms with Crippen LogP contribution in [0.25, 0.3) is 0 Å². The quantitative estimate of drug-likeness (QED) is 0.787. The molecule has 1 amide bonds. The molecule has 2 rings (SSSR count). The smallest absolute Gasteiger partial charge is 0.252 e. The third kappa shape index (κ3) is 2.02. The summed E-state index contributed by atoms with van der Waals surface area (Å²) in [7, 11) is 0. The van der Waals surface area contributed by atoms with E-state index in [2.05, 4.69) is 0 Å². The minimum absolute atomic E-state index is 0.132. The molecule has 1 saturated heterocycles. The van der Waals surface area contributed by atoms with Crippen LogP contribution in [-0.4, -0.2) is 28.1 Å². The third-order valence-electron chi connectivity index (χ3n) is 2.86. The number of amides is 1. The van der Waals surface area contributed by atoms with E-state index in [4.69, 9.17) is 0 Å². The molecule has 1 aromatic rings. The Balaban J connectivity index is 2.09. The molecule has 0 aromatic heterocycles. The summed E-state index contributed by atoms with van der Waals surface area (Å²) >= 11 is 0. The van der Waals surface area contributed by atoms with E-state index < -0.39 is 6.10 Å². The zero-order chi connectivity index (χ0) is 10.8. The summed E-state index contributed by atoms with van der Waals surface area (Å²) < 4.78 is 0. The first kappa shape index (κ1) is 10.2. The van der Waals surface area contributed by atoms with Crippen molar-refractivity contribution in [3.63, 3.8) is 0 Å². The van der Waals surface area contributed by atoms with Crippen molar-refractivity contribution in [2.24, 2.45) is 0 Å². The highest BCUT2D eigenvalue weighted by molar-refractivity contribution is 5.83. The number of aliphatic hydroxyl groups excluding tert-OH is 1. The van der Waals surface area contributed by atoms with Crippen LogP contribution in [0.5, 0.6) is 0 Å². The molecule has 1 unspecified atom stereocenters. The van der Waals surface area contributed by atoms with E-state index in [-0.39, 0.29) is 11.9 Å². The van der Waals surface area contributed by atoms with Gasteiger partial charge in [-0.2, -0.15) is 0 Å². The van der Waals surface area contributed by atoms with E-state index in [1.54, 1.807) is 4.90 Å². The van der Waals surface area contributed by atoms with E-state index in [9.17, 15) is 9.90 Å². The van der Waals surface area contributed by atoms with Crippen LogP contribution < -0.4 is 0 Å². The van der Waals surface area contributed by atoms with Crippen molar-refractivity contribution >= 4 is 5.91 Å². The Morgan fingerprint density at radius 1 is 1.40 bits per heavy atom. The first-order valence-electron chi connectivity index (χ1n) is 5.21. The number of nitrogens with zero attached hydrogens (tertiary/aromatic N) is 1. The molecule has 1 aliphatic heterocycles. The second-order valence-electron chi connectivity index (χ2n) is 4.05. The van der Waals surface area contributed by atoms with Crippen molar-refractivity contribution in [3.05, 3.63) is 35.9 Å². The molecule has 1 aliphatic rings. The molecule has 1 heterocycles. The van der Waals surface area contributed by atoms with Gasteiger partial charge in [0, 0.05) is 19.0 Å². The van der Waals surface area contributed by atoms with Gasteiger partial charge in [-0.25, -0.2) is 0 Å². The highest BCUT2D eigenvalue weighted by Gasteiger charge is 2.35. The first-order valence-corrected chi connectivity index (χ1v) is 5.21. The molecular weight excluding hydrogens is 190 g/mol. The predicted octanol–water partition coefficient (Wildman–Crippen LogP) is 1.17. The van der Waals surface area contributed by atoms with Crippen LogP contribution in [0.3, 0.4) is 0 Å². The van der Waals surface area contributed by atoms with E-state index in [1.807, 2.05) is 37.3 Å². The molecule has 0 bridgehead atoms. The summed E-state index contributed by atoms with van der Waals surface area (Å²) in [5.74, 6) is -0.147. The molecule has 0 radical (unpaired) electrons. The van der Waals surface area contributed by atoms with Crippen molar-refractivity contribution in [1.82, 2.24) is 4.90 Å². The third-order valence-corrected chi connectivity index (χ3v) is 2.86. The molecule has 80 valence electrons. The van der Waals surface area contributed by atoms with E-state index in [0.717, 1.165) is 5.56 Å². The Morgan fingerprint density at radius 3 is 2.60 bits per heavy atom. The number of carbonyl (C=O) groups is 1. The minimum Gasteiger partial charge on any atom is -0.383 e. The van der Waals surface area contributed by atoms with Crippen LogP contribution in [-0.2, 0) is 11.3 Å². The Bertz CT molecular complexity index is 350. The maximum Gasteiger partial charge on any atom is 0.252 e. The average molecular weight is 205 g/mol. The van der Waals surface area contributed by atoms with Gasteiger partial charge >= 0.3 is 0 Å². The van der Waals surface area contributed by atoms with Gasteiger partial charge in [0.25, 0.3) is 5.91 Å². The van der Waals surface area contributed by atoms with Gasteiger partial charge in [-0.1, -0.05) is 30.3 Å². The average Bonchev–Trinajstić information content (AvgIpc) is 2.47. The predicted molar refractivity (Wildman–Crippen MR) is 57.1 cm³/mol. The summed E-state index contributed by atoms with van der Waals surface area (Å²) in [6, 6.07) is 9.98. The van der Waals surface area contributed by atoms with Crippen molar-refractivity contribution in [2.45, 2.75) is 32.0 Å². The van der Waals surface area contributed by atoms with Gasteiger partial charge in [0.15, 0.2) is 0 Å². The van der Waals surface area contributed by atoms with E-state index >= 15 is 0 Å². The van der Waals surface area contributed by atoms with Crippen LogP contribution >= 0.6 is 0 Å². The Kier molecular flexibility index (Phi) is 2.73. The molecule has 1 fully saturated rings. The second-order valence-corrected chi connectivity index (χ2v) is 4.05. The first-order chi connectivity index (χ1) is 7.18. The maximum absolute atomic E-state index is 11.6. The summed E-state index contributed by atoms with van der Waals surface area (Å²) in [6.45, 7) is 2.56. The van der Waals surface area contributed by atoms with Crippen molar-refractivity contribution in [1.29, 1.82) is 0 Å². The summed E-state index contributed by atoms with van der Waals surface area (Å²) in [6.07, 6.45) is -0.255. The van der Waals surface area contributed by atoms with E-state index in [0.29, 0.717) is 13.0 Å². The van der Waals surface area contributed by atoms with Crippen LogP contribution in [0.15, 0.2) is 30.3 Å². The normalized spacial score (nSPS) is 26.0. The SMILES string of the molecule is CC1C[C@H](O)C(=O)N1Cc1ccccc1. The van der Waals surface area contributed by atoms with Gasteiger partial charge in [-0.15, -0.1) is 0 Å². The molecule has 2 atom stereocenters. The standard InChI is InChI=1S/C12H15NO2/c1-9-7-11(14)12(15)13(9)8-10-5-3-2-4-6-10/h2-6,9,11,14H,7-8H2,1H3/t9?,11-/m0/s1. The molecule has 0 spiro atoms. The van der Waals surface area contributed by atoms with Gasteiger partial charge in [0.05, 0.1) is 0 Å². The zero-order valence-corrected chi connectivity index (χ0v) is 8.76. The van der Waals surface area contributed by atoms with Crippen molar-refractivity contribution in [2.75, 3.05) is 0 Å². The number of benzene rings is 1. The molecule has 15 heavy (non-hydrogen) atoms. The zero-order valence-electron chi connectivity index (χ0n) is 8.76. The number of likely N-dealkylation sites (tertiary alicyclic amines) is 1. The number of rotatable bonds is 2. The Hall–Kier alpha value is -1.35. The van der Waals surface area contributed by atoms with Crippen LogP contribution in [0.2, 0.25) is 0 Å². The van der Waals surface area contributed by atoms with Crippen LogP contribution in [0, 0.1) is 0 Å². The minimum atomic E-state index is -0.802. The fourth-order valence-corrected chi connectivity index (χ4v) is 1.97. The van der Waals surface area contributed by atoms with Crippen LogP contribution in [0.4, 0.5) is 0 Å². The lowest BCUT2D eigenvalue weighted by Crippen LogP contribution is -2.32. The van der Waals surface area contributed by atoms with Gasteiger partial charge in [-0.05, 0) is 12.5 Å². The lowest BCUT2D eigenvalue weighted by Gasteiger charge is -2.21. The Labute approximate surface area is 89.3 Å². The fourth-order valence-electron chi connectivity index (χ4n) is 1.97. The summed E-state index contributed by atoms with van der Waals surface area (Å²) in [4.78, 5) is 13.3. The molecule has 1 N–H and O–H groups in total. The summed E-state index contributed by atoms with van der Waals surface area (Å²) in [5.41, 5.74) is 1.10. The lowest BCUT2D eigenvalue weighted by molar-refractivity contribution is -0.135.